The van der Waals surface area contributed by atoms with Gasteiger partial charge in [-0.1, -0.05) is 0 Å². The van der Waals surface area contributed by atoms with Crippen molar-refractivity contribution in [2.75, 3.05) is 17.9 Å². The summed E-state index contributed by atoms with van der Waals surface area (Å²) >= 11 is 0. The zero-order valence-corrected chi connectivity index (χ0v) is 11.8. The third-order valence-electron chi connectivity index (χ3n) is 2.54. The third-order valence-corrected chi connectivity index (χ3v) is 3.92. The second kappa shape index (κ2) is 6.51. The highest BCUT2D eigenvalue weighted by molar-refractivity contribution is 7.92. The smallest absolute Gasteiger partial charge is 0.261 e. The third kappa shape index (κ3) is 3.89. The van der Waals surface area contributed by atoms with E-state index in [1.54, 1.807) is 0 Å². The van der Waals surface area contributed by atoms with E-state index < -0.39 is 15.8 Å². The molecule has 0 bridgehead atoms. The van der Waals surface area contributed by atoms with Crippen LogP contribution in [0.2, 0.25) is 0 Å². The SMILES string of the molecule is NCCOc1ccc(S(=O)(=O)Nc2ccncc2F)cc1. The Morgan fingerprint density at radius 3 is 2.57 bits per heavy atom. The van der Waals surface area contributed by atoms with Gasteiger partial charge in [0.05, 0.1) is 16.8 Å². The molecule has 1 aromatic heterocycles. The molecule has 21 heavy (non-hydrogen) atoms. The Morgan fingerprint density at radius 2 is 1.95 bits per heavy atom. The van der Waals surface area contributed by atoms with E-state index in [-0.39, 0.29) is 10.6 Å². The second-order valence-corrected chi connectivity index (χ2v) is 5.75. The van der Waals surface area contributed by atoms with Crippen LogP contribution >= 0.6 is 0 Å². The molecule has 2 aromatic rings. The molecule has 0 atom stereocenters. The van der Waals surface area contributed by atoms with Crippen molar-refractivity contribution in [3.8, 4) is 5.75 Å². The van der Waals surface area contributed by atoms with Crippen LogP contribution in [0.3, 0.4) is 0 Å². The van der Waals surface area contributed by atoms with Gasteiger partial charge in [0.15, 0.2) is 5.82 Å². The first-order valence-electron chi connectivity index (χ1n) is 6.08. The summed E-state index contributed by atoms with van der Waals surface area (Å²) in [4.78, 5) is 3.55. The van der Waals surface area contributed by atoms with Crippen molar-refractivity contribution in [2.24, 2.45) is 5.73 Å². The predicted molar refractivity (Wildman–Crippen MR) is 76.0 cm³/mol. The fraction of sp³-hybridized carbons (Fsp3) is 0.154. The molecule has 0 saturated heterocycles. The fourth-order valence-corrected chi connectivity index (χ4v) is 2.62. The van der Waals surface area contributed by atoms with Gasteiger partial charge in [-0.05, 0) is 30.3 Å². The number of benzene rings is 1. The summed E-state index contributed by atoms with van der Waals surface area (Å²) < 4.78 is 45.1. The Hall–Kier alpha value is -2.19. The molecule has 0 spiro atoms. The molecular weight excluding hydrogens is 297 g/mol. The summed E-state index contributed by atoms with van der Waals surface area (Å²) in [5.74, 6) is -0.238. The first-order valence-corrected chi connectivity index (χ1v) is 7.56. The minimum atomic E-state index is -3.87. The zero-order chi connectivity index (χ0) is 15.3. The van der Waals surface area contributed by atoms with Crippen LogP contribution in [0.1, 0.15) is 0 Å². The lowest BCUT2D eigenvalue weighted by Gasteiger charge is -2.09. The van der Waals surface area contributed by atoms with Crippen LogP contribution < -0.4 is 15.2 Å². The van der Waals surface area contributed by atoms with Crippen LogP contribution in [0, 0.1) is 5.82 Å². The van der Waals surface area contributed by atoms with Crippen molar-refractivity contribution in [3.63, 3.8) is 0 Å². The Kier molecular flexibility index (Phi) is 4.71. The second-order valence-electron chi connectivity index (χ2n) is 4.07. The van der Waals surface area contributed by atoms with Crippen molar-refractivity contribution in [2.45, 2.75) is 4.90 Å². The van der Waals surface area contributed by atoms with Crippen molar-refractivity contribution in [1.82, 2.24) is 4.98 Å². The standard InChI is InChI=1S/C13H14FN3O3S/c14-12-9-16-7-5-13(12)17-21(18,19)11-3-1-10(2-4-11)20-8-6-15/h1-5,7,9H,6,8,15H2,(H,16,17). The van der Waals surface area contributed by atoms with Crippen LogP contribution in [0.15, 0.2) is 47.6 Å². The number of halogens is 1. The maximum Gasteiger partial charge on any atom is 0.261 e. The average Bonchev–Trinajstić information content (AvgIpc) is 2.48. The maximum atomic E-state index is 13.4. The fourth-order valence-electron chi connectivity index (χ4n) is 1.55. The largest absolute Gasteiger partial charge is 0.492 e. The summed E-state index contributed by atoms with van der Waals surface area (Å²) in [6, 6.07) is 6.99. The van der Waals surface area contributed by atoms with E-state index in [9.17, 15) is 12.8 Å². The molecule has 0 fully saturated rings. The van der Waals surface area contributed by atoms with Crippen LogP contribution in [0.4, 0.5) is 10.1 Å². The van der Waals surface area contributed by atoms with E-state index >= 15 is 0 Å². The molecule has 0 aliphatic carbocycles. The minimum Gasteiger partial charge on any atom is -0.492 e. The first kappa shape index (κ1) is 15.2. The summed E-state index contributed by atoms with van der Waals surface area (Å²) in [5.41, 5.74) is 5.15. The number of ether oxygens (including phenoxy) is 1. The molecular formula is C13H14FN3O3S. The van der Waals surface area contributed by atoms with E-state index in [1.165, 1.54) is 36.5 Å². The van der Waals surface area contributed by atoms with Crippen molar-refractivity contribution in [3.05, 3.63) is 48.5 Å². The molecule has 0 saturated carbocycles. The topological polar surface area (TPSA) is 94.3 Å². The molecule has 0 aliphatic rings. The van der Waals surface area contributed by atoms with Crippen LogP contribution in [-0.2, 0) is 10.0 Å². The molecule has 3 N–H and O–H groups in total. The molecule has 1 heterocycles. The van der Waals surface area contributed by atoms with Crippen LogP contribution in [0.5, 0.6) is 5.75 Å². The highest BCUT2D eigenvalue weighted by Gasteiger charge is 2.16. The van der Waals surface area contributed by atoms with Gasteiger partial charge in [-0.25, -0.2) is 12.8 Å². The summed E-state index contributed by atoms with van der Waals surface area (Å²) in [7, 11) is -3.87. The van der Waals surface area contributed by atoms with E-state index in [2.05, 4.69) is 9.71 Å². The molecule has 1 aromatic carbocycles. The van der Waals surface area contributed by atoms with Gasteiger partial charge in [0.1, 0.15) is 12.4 Å². The molecule has 112 valence electrons. The maximum absolute atomic E-state index is 13.4. The van der Waals surface area contributed by atoms with Gasteiger partial charge in [-0.2, -0.15) is 0 Å². The van der Waals surface area contributed by atoms with E-state index in [1.807, 2.05) is 0 Å². The van der Waals surface area contributed by atoms with Crippen LogP contribution in [0.25, 0.3) is 0 Å². The summed E-state index contributed by atoms with van der Waals surface area (Å²) in [6.45, 7) is 0.704. The summed E-state index contributed by atoms with van der Waals surface area (Å²) in [6.07, 6.45) is 2.23. The lowest BCUT2D eigenvalue weighted by atomic mass is 10.3. The number of aromatic nitrogens is 1. The van der Waals surface area contributed by atoms with E-state index in [0.717, 1.165) is 6.20 Å². The van der Waals surface area contributed by atoms with Gasteiger partial charge < -0.3 is 10.5 Å². The predicted octanol–water partition coefficient (Wildman–Crippen LogP) is 1.36. The van der Waals surface area contributed by atoms with Gasteiger partial charge >= 0.3 is 0 Å². The van der Waals surface area contributed by atoms with E-state index in [4.69, 9.17) is 10.5 Å². The van der Waals surface area contributed by atoms with Crippen molar-refractivity contribution in [1.29, 1.82) is 0 Å². The lowest BCUT2D eigenvalue weighted by molar-refractivity contribution is 0.328. The Bertz CT molecular complexity index is 705. The number of pyridine rings is 1. The molecule has 2 rings (SSSR count). The number of nitrogens with one attached hydrogen (secondary N) is 1. The van der Waals surface area contributed by atoms with Gasteiger partial charge in [0.25, 0.3) is 10.0 Å². The Balaban J connectivity index is 2.18. The van der Waals surface area contributed by atoms with Crippen LogP contribution in [-0.4, -0.2) is 26.6 Å². The summed E-state index contributed by atoms with van der Waals surface area (Å²) in [5, 5.41) is 0. The first-order chi connectivity index (χ1) is 10.0. The Labute approximate surface area is 121 Å². The zero-order valence-electron chi connectivity index (χ0n) is 11.0. The van der Waals surface area contributed by atoms with Gasteiger partial charge in [-0.3, -0.25) is 9.71 Å². The number of anilines is 1. The highest BCUT2D eigenvalue weighted by atomic mass is 32.2. The Morgan fingerprint density at radius 1 is 1.24 bits per heavy atom. The lowest BCUT2D eigenvalue weighted by Crippen LogP contribution is -2.14. The minimum absolute atomic E-state index is 0.00110. The number of hydrogen-bond acceptors (Lipinski definition) is 5. The van der Waals surface area contributed by atoms with Crippen molar-refractivity contribution >= 4 is 15.7 Å². The molecule has 0 unspecified atom stereocenters. The van der Waals surface area contributed by atoms with Gasteiger partial charge in [0.2, 0.25) is 0 Å². The molecule has 6 nitrogen and oxygen atoms in total. The molecule has 8 heteroatoms. The van der Waals surface area contributed by atoms with Gasteiger partial charge in [0, 0.05) is 12.7 Å². The van der Waals surface area contributed by atoms with Gasteiger partial charge in [-0.15, -0.1) is 0 Å². The number of nitrogens with two attached hydrogens (primary N) is 1. The highest BCUT2D eigenvalue weighted by Crippen LogP contribution is 2.20. The molecule has 0 aliphatic heterocycles. The number of rotatable bonds is 6. The normalized spacial score (nSPS) is 11.1. The quantitative estimate of drug-likeness (QED) is 0.840. The average molecular weight is 311 g/mol. The molecule has 0 radical (unpaired) electrons. The molecule has 0 amide bonds. The van der Waals surface area contributed by atoms with E-state index in [0.29, 0.717) is 18.9 Å². The number of nitrogens with zero attached hydrogens (tertiary/aromatic N) is 1. The number of sulfonamides is 1. The van der Waals surface area contributed by atoms with Crippen molar-refractivity contribution < 1.29 is 17.5 Å². The monoisotopic (exact) mass is 311 g/mol. The number of hydrogen-bond donors (Lipinski definition) is 2.